The summed E-state index contributed by atoms with van der Waals surface area (Å²) in [5.74, 6) is -0.267. The summed E-state index contributed by atoms with van der Waals surface area (Å²) in [5, 5.41) is 2.47. The van der Waals surface area contributed by atoms with Crippen LogP contribution in [0.2, 0.25) is 0 Å². The number of piperidine rings is 1. The van der Waals surface area contributed by atoms with Gasteiger partial charge in [0.15, 0.2) is 5.69 Å². The van der Waals surface area contributed by atoms with Crippen molar-refractivity contribution in [1.82, 2.24) is 14.9 Å². The number of nitrogens with one attached hydrogen (secondary N) is 1. The highest BCUT2D eigenvalue weighted by Crippen LogP contribution is 2.36. The number of halogens is 3. The van der Waals surface area contributed by atoms with Crippen molar-refractivity contribution >= 4 is 29.5 Å². The van der Waals surface area contributed by atoms with Crippen molar-refractivity contribution in [3.63, 3.8) is 0 Å². The average Bonchev–Trinajstić information content (AvgIpc) is 3.72. The standard InChI is InChI=1S/C28H35F3N6O4/c1-17-5-4-10-35(12-17)26-34-24(28(29,30)31)23(41-26)25(38)33-20-8-9-22(32-11-20)36-13-18-15-37(16-19(18)14-36)27(39)40-21-6-2-3-7-21/h8-9,11,17-19,21H,2-7,10,12-16H2,1H3,(H,33,38). The summed E-state index contributed by atoms with van der Waals surface area (Å²) in [4.78, 5) is 39.1. The van der Waals surface area contributed by atoms with Gasteiger partial charge < -0.3 is 29.2 Å². The van der Waals surface area contributed by atoms with Crippen molar-refractivity contribution in [2.75, 3.05) is 54.4 Å². The Balaban J connectivity index is 1.06. The second-order valence-electron chi connectivity index (χ2n) is 11.8. The van der Waals surface area contributed by atoms with E-state index in [1.54, 1.807) is 17.0 Å². The van der Waals surface area contributed by atoms with Gasteiger partial charge in [-0.3, -0.25) is 4.79 Å². The highest BCUT2D eigenvalue weighted by molar-refractivity contribution is 6.03. The maximum atomic E-state index is 13.7. The number of oxazole rings is 1. The van der Waals surface area contributed by atoms with Crippen LogP contribution in [0.3, 0.4) is 0 Å². The topological polar surface area (TPSA) is 104 Å². The van der Waals surface area contributed by atoms with Crippen LogP contribution in [0, 0.1) is 17.8 Å². The zero-order chi connectivity index (χ0) is 28.7. The van der Waals surface area contributed by atoms with Crippen LogP contribution < -0.4 is 15.1 Å². The van der Waals surface area contributed by atoms with E-state index in [9.17, 15) is 22.8 Å². The number of aromatic nitrogens is 2. The van der Waals surface area contributed by atoms with Gasteiger partial charge in [0, 0.05) is 51.1 Å². The van der Waals surface area contributed by atoms with E-state index in [1.165, 1.54) is 6.20 Å². The normalized spacial score (nSPS) is 25.1. The molecule has 2 amide bonds. The fourth-order valence-corrected chi connectivity index (χ4v) is 6.54. The van der Waals surface area contributed by atoms with Crippen LogP contribution in [0.5, 0.6) is 0 Å². The van der Waals surface area contributed by atoms with Gasteiger partial charge >= 0.3 is 12.3 Å². The first-order valence-corrected chi connectivity index (χ1v) is 14.4. The molecule has 2 aromatic heterocycles. The Bertz CT molecular complexity index is 1250. The molecule has 4 aliphatic rings. The molecule has 1 N–H and O–H groups in total. The minimum Gasteiger partial charge on any atom is -0.446 e. The van der Waals surface area contributed by atoms with Gasteiger partial charge in [-0.05, 0) is 56.6 Å². The minimum absolute atomic E-state index is 0.0484. The first-order chi connectivity index (χ1) is 19.6. The number of carbonyl (C=O) groups excluding carboxylic acids is 2. The fourth-order valence-electron chi connectivity index (χ4n) is 6.54. The van der Waals surface area contributed by atoms with E-state index in [1.807, 2.05) is 11.8 Å². The van der Waals surface area contributed by atoms with Gasteiger partial charge in [-0.15, -0.1) is 0 Å². The summed E-state index contributed by atoms with van der Waals surface area (Å²) in [6.07, 6.45) is 2.33. The van der Waals surface area contributed by atoms with Gasteiger partial charge in [0.05, 0.1) is 11.9 Å². The number of amides is 2. The molecular formula is C28H35F3N6O4. The predicted molar refractivity (Wildman–Crippen MR) is 144 cm³/mol. The van der Waals surface area contributed by atoms with Crippen LogP contribution in [0.4, 0.5) is 35.5 Å². The third-order valence-electron chi connectivity index (χ3n) is 8.66. The van der Waals surface area contributed by atoms with E-state index < -0.39 is 23.5 Å². The predicted octanol–water partition coefficient (Wildman–Crippen LogP) is 5.02. The number of alkyl halides is 3. The molecule has 4 fully saturated rings. The maximum Gasteiger partial charge on any atom is 0.437 e. The number of ether oxygens (including phenoxy) is 1. The third-order valence-corrected chi connectivity index (χ3v) is 8.66. The van der Waals surface area contributed by atoms with Crippen molar-refractivity contribution in [1.29, 1.82) is 0 Å². The van der Waals surface area contributed by atoms with Gasteiger partial charge in [-0.2, -0.15) is 18.2 Å². The first-order valence-electron chi connectivity index (χ1n) is 14.4. The molecule has 3 aliphatic heterocycles. The van der Waals surface area contributed by atoms with Crippen LogP contribution in [0.25, 0.3) is 0 Å². The van der Waals surface area contributed by atoms with Crippen LogP contribution in [0.1, 0.15) is 61.7 Å². The van der Waals surface area contributed by atoms with Gasteiger partial charge in [0.2, 0.25) is 5.76 Å². The Morgan fingerprint density at radius 2 is 1.73 bits per heavy atom. The number of rotatable bonds is 5. The number of fused-ring (bicyclic) bond motifs is 1. The lowest BCUT2D eigenvalue weighted by Gasteiger charge is -2.29. The van der Waals surface area contributed by atoms with E-state index >= 15 is 0 Å². The Hall–Kier alpha value is -3.51. The molecule has 0 spiro atoms. The fraction of sp³-hybridized carbons (Fsp3) is 0.643. The van der Waals surface area contributed by atoms with E-state index in [-0.39, 0.29) is 23.9 Å². The van der Waals surface area contributed by atoms with Crippen LogP contribution in [-0.4, -0.2) is 72.2 Å². The van der Waals surface area contributed by atoms with Gasteiger partial charge in [-0.1, -0.05) is 6.92 Å². The van der Waals surface area contributed by atoms with Gasteiger partial charge in [-0.25, -0.2) is 9.78 Å². The molecule has 1 saturated carbocycles. The molecule has 10 nitrogen and oxygen atoms in total. The number of likely N-dealkylation sites (tertiary alicyclic amines) is 1. The van der Waals surface area contributed by atoms with Crippen molar-refractivity contribution in [3.8, 4) is 0 Å². The third kappa shape index (κ3) is 5.94. The molecule has 3 saturated heterocycles. The van der Waals surface area contributed by atoms with Gasteiger partial charge in [0.1, 0.15) is 11.9 Å². The molecule has 5 heterocycles. The monoisotopic (exact) mass is 576 g/mol. The molecule has 0 bridgehead atoms. The Labute approximate surface area is 236 Å². The molecule has 0 radical (unpaired) electrons. The molecule has 0 aromatic carbocycles. The SMILES string of the molecule is CC1CCCN(c2nc(C(F)(F)F)c(C(=O)Nc3ccc(N4CC5CN(C(=O)OC6CCCC6)CC5C4)nc3)o2)C1. The molecule has 1 aliphatic carbocycles. The number of hydrogen-bond donors (Lipinski definition) is 1. The molecular weight excluding hydrogens is 541 g/mol. The number of carbonyl (C=O) groups is 2. The summed E-state index contributed by atoms with van der Waals surface area (Å²) in [6.45, 7) is 5.83. The minimum atomic E-state index is -4.84. The molecule has 3 atom stereocenters. The summed E-state index contributed by atoms with van der Waals surface area (Å²) >= 11 is 0. The van der Waals surface area contributed by atoms with E-state index in [2.05, 4.69) is 20.2 Å². The Morgan fingerprint density at radius 3 is 2.37 bits per heavy atom. The molecule has 3 unspecified atom stereocenters. The van der Waals surface area contributed by atoms with Crippen molar-refractivity contribution < 1.29 is 31.9 Å². The number of pyridine rings is 1. The van der Waals surface area contributed by atoms with Crippen molar-refractivity contribution in [2.45, 2.75) is 57.7 Å². The lowest BCUT2D eigenvalue weighted by molar-refractivity contribution is -0.141. The molecule has 41 heavy (non-hydrogen) atoms. The lowest BCUT2D eigenvalue weighted by Crippen LogP contribution is -2.35. The summed E-state index contributed by atoms with van der Waals surface area (Å²) in [5.41, 5.74) is -1.09. The van der Waals surface area contributed by atoms with Crippen molar-refractivity contribution in [2.24, 2.45) is 17.8 Å². The molecule has 6 rings (SSSR count). The Kier molecular flexibility index (Phi) is 7.45. The number of nitrogens with zero attached hydrogens (tertiary/aromatic N) is 5. The molecule has 222 valence electrons. The molecule has 2 aromatic rings. The van der Waals surface area contributed by atoms with E-state index in [0.29, 0.717) is 49.8 Å². The van der Waals surface area contributed by atoms with E-state index in [0.717, 1.165) is 51.6 Å². The largest absolute Gasteiger partial charge is 0.446 e. The van der Waals surface area contributed by atoms with Crippen LogP contribution in [0.15, 0.2) is 22.7 Å². The second kappa shape index (κ2) is 11.1. The van der Waals surface area contributed by atoms with Gasteiger partial charge in [0.25, 0.3) is 11.9 Å². The lowest BCUT2D eigenvalue weighted by atomic mass is 10.0. The maximum absolute atomic E-state index is 13.7. The highest BCUT2D eigenvalue weighted by Gasteiger charge is 2.44. The number of anilines is 3. The second-order valence-corrected chi connectivity index (χ2v) is 11.8. The van der Waals surface area contributed by atoms with E-state index in [4.69, 9.17) is 9.15 Å². The van der Waals surface area contributed by atoms with Crippen LogP contribution in [-0.2, 0) is 10.9 Å². The number of hydrogen-bond acceptors (Lipinski definition) is 8. The summed E-state index contributed by atoms with van der Waals surface area (Å²) in [7, 11) is 0. The highest BCUT2D eigenvalue weighted by atomic mass is 19.4. The first kappa shape index (κ1) is 27.6. The quantitative estimate of drug-likeness (QED) is 0.529. The smallest absolute Gasteiger partial charge is 0.437 e. The Morgan fingerprint density at radius 1 is 1.00 bits per heavy atom. The molecule has 13 heteroatoms. The zero-order valence-electron chi connectivity index (χ0n) is 23.0. The average molecular weight is 577 g/mol. The van der Waals surface area contributed by atoms with Crippen LogP contribution >= 0.6 is 0 Å². The zero-order valence-corrected chi connectivity index (χ0v) is 23.0. The summed E-state index contributed by atoms with van der Waals surface area (Å²) < 4.78 is 52.2. The summed E-state index contributed by atoms with van der Waals surface area (Å²) in [6, 6.07) is 3.15. The van der Waals surface area contributed by atoms with Crippen molar-refractivity contribution in [3.05, 3.63) is 29.8 Å².